The Hall–Kier alpha value is -1.40. The Bertz CT molecular complexity index is 538. The zero-order chi connectivity index (χ0) is 13.8. The van der Waals surface area contributed by atoms with Gasteiger partial charge in [-0.3, -0.25) is 4.79 Å². The molecule has 6 heteroatoms. The minimum atomic E-state index is -3.43. The van der Waals surface area contributed by atoms with Crippen LogP contribution >= 0.6 is 0 Å². The molecule has 0 spiro atoms. The summed E-state index contributed by atoms with van der Waals surface area (Å²) in [7, 11) is -2.02. The predicted molar refractivity (Wildman–Crippen MR) is 70.6 cm³/mol. The van der Waals surface area contributed by atoms with Crippen LogP contribution in [0.3, 0.4) is 0 Å². The lowest BCUT2D eigenvalue weighted by atomic mass is 10.1. The molecule has 0 fully saturated rings. The molecule has 0 bridgehead atoms. The molecule has 0 radical (unpaired) electrons. The molecule has 0 saturated carbocycles. The third-order valence-corrected chi connectivity index (χ3v) is 4.10. The molecule has 0 unspecified atom stereocenters. The summed E-state index contributed by atoms with van der Waals surface area (Å²) in [5, 5.41) is 2.31. The SMILES string of the molecule is CNC(=O)CS(=O)(=O)Cc1ccc(CN)cc1C. The van der Waals surface area contributed by atoms with Crippen molar-refractivity contribution in [1.82, 2.24) is 5.32 Å². The second-order valence-electron chi connectivity index (χ2n) is 4.17. The van der Waals surface area contributed by atoms with Gasteiger partial charge in [0.1, 0.15) is 5.75 Å². The van der Waals surface area contributed by atoms with Gasteiger partial charge in [0, 0.05) is 13.6 Å². The number of aryl methyl sites for hydroxylation is 1. The van der Waals surface area contributed by atoms with E-state index in [9.17, 15) is 13.2 Å². The maximum atomic E-state index is 11.8. The number of nitrogens with two attached hydrogens (primary N) is 1. The quantitative estimate of drug-likeness (QED) is 0.795. The lowest BCUT2D eigenvalue weighted by Gasteiger charge is -2.08. The maximum Gasteiger partial charge on any atom is 0.234 e. The number of benzene rings is 1. The monoisotopic (exact) mass is 270 g/mol. The molecule has 0 aliphatic heterocycles. The summed E-state index contributed by atoms with van der Waals surface area (Å²) in [5.41, 5.74) is 8.05. The standard InChI is InChI=1S/C12H18N2O3S/c1-9-5-10(6-13)3-4-11(9)7-18(16,17)8-12(15)14-2/h3-5H,6-8,13H2,1-2H3,(H,14,15). The topological polar surface area (TPSA) is 89.3 Å². The number of sulfone groups is 1. The van der Waals surface area contributed by atoms with Gasteiger partial charge in [0.25, 0.3) is 0 Å². The molecule has 1 aromatic carbocycles. The van der Waals surface area contributed by atoms with Crippen molar-refractivity contribution in [1.29, 1.82) is 0 Å². The molecule has 0 aromatic heterocycles. The number of hydrogen-bond acceptors (Lipinski definition) is 4. The van der Waals surface area contributed by atoms with Gasteiger partial charge in [0.15, 0.2) is 9.84 Å². The molecule has 0 saturated heterocycles. The Morgan fingerprint density at radius 3 is 2.56 bits per heavy atom. The van der Waals surface area contributed by atoms with Crippen LogP contribution in [-0.4, -0.2) is 27.1 Å². The van der Waals surface area contributed by atoms with E-state index in [4.69, 9.17) is 5.73 Å². The van der Waals surface area contributed by atoms with Gasteiger partial charge in [-0.1, -0.05) is 18.2 Å². The highest BCUT2D eigenvalue weighted by atomic mass is 32.2. The van der Waals surface area contributed by atoms with E-state index in [-0.39, 0.29) is 5.75 Å². The van der Waals surface area contributed by atoms with E-state index in [2.05, 4.69) is 5.32 Å². The van der Waals surface area contributed by atoms with Gasteiger partial charge in [-0.25, -0.2) is 8.42 Å². The van der Waals surface area contributed by atoms with Crippen molar-refractivity contribution in [3.8, 4) is 0 Å². The molecular weight excluding hydrogens is 252 g/mol. The minimum Gasteiger partial charge on any atom is -0.358 e. The van der Waals surface area contributed by atoms with Crippen LogP contribution in [0.15, 0.2) is 18.2 Å². The van der Waals surface area contributed by atoms with Crippen LogP contribution in [0, 0.1) is 6.92 Å². The largest absolute Gasteiger partial charge is 0.358 e. The van der Waals surface area contributed by atoms with Gasteiger partial charge >= 0.3 is 0 Å². The third-order valence-electron chi connectivity index (χ3n) is 2.65. The molecule has 1 amide bonds. The van der Waals surface area contributed by atoms with E-state index < -0.39 is 21.5 Å². The van der Waals surface area contributed by atoms with E-state index in [1.54, 1.807) is 12.1 Å². The van der Waals surface area contributed by atoms with Gasteiger partial charge in [-0.05, 0) is 23.6 Å². The summed E-state index contributed by atoms with van der Waals surface area (Å²) in [4.78, 5) is 11.1. The van der Waals surface area contributed by atoms with Crippen LogP contribution in [0.2, 0.25) is 0 Å². The van der Waals surface area contributed by atoms with Gasteiger partial charge in [0.2, 0.25) is 5.91 Å². The highest BCUT2D eigenvalue weighted by Gasteiger charge is 2.17. The van der Waals surface area contributed by atoms with Crippen molar-refractivity contribution in [2.24, 2.45) is 5.73 Å². The molecule has 18 heavy (non-hydrogen) atoms. The minimum absolute atomic E-state index is 0.128. The number of rotatable bonds is 5. The smallest absolute Gasteiger partial charge is 0.234 e. The second kappa shape index (κ2) is 5.97. The average Bonchev–Trinajstić information content (AvgIpc) is 2.30. The lowest BCUT2D eigenvalue weighted by molar-refractivity contribution is -0.118. The first-order chi connectivity index (χ1) is 8.38. The van der Waals surface area contributed by atoms with Crippen molar-refractivity contribution >= 4 is 15.7 Å². The molecule has 1 aromatic rings. The average molecular weight is 270 g/mol. The van der Waals surface area contributed by atoms with E-state index >= 15 is 0 Å². The highest BCUT2D eigenvalue weighted by molar-refractivity contribution is 7.91. The molecule has 3 N–H and O–H groups in total. The number of carbonyl (C=O) groups is 1. The first-order valence-electron chi connectivity index (χ1n) is 5.57. The molecule has 5 nitrogen and oxygen atoms in total. The number of hydrogen-bond donors (Lipinski definition) is 2. The molecular formula is C12H18N2O3S. The Kier molecular flexibility index (Phi) is 4.86. The Morgan fingerprint density at radius 1 is 1.39 bits per heavy atom. The fraction of sp³-hybridized carbons (Fsp3) is 0.417. The number of amides is 1. The zero-order valence-corrected chi connectivity index (χ0v) is 11.4. The van der Waals surface area contributed by atoms with Crippen LogP contribution in [0.4, 0.5) is 0 Å². The van der Waals surface area contributed by atoms with Crippen molar-refractivity contribution in [2.75, 3.05) is 12.8 Å². The van der Waals surface area contributed by atoms with E-state index in [0.29, 0.717) is 12.1 Å². The fourth-order valence-corrected chi connectivity index (χ4v) is 3.05. The Morgan fingerprint density at radius 2 is 2.06 bits per heavy atom. The lowest BCUT2D eigenvalue weighted by Crippen LogP contribution is -2.27. The summed E-state index contributed by atoms with van der Waals surface area (Å²) < 4.78 is 23.6. The van der Waals surface area contributed by atoms with E-state index in [1.807, 2.05) is 13.0 Å². The summed E-state index contributed by atoms with van der Waals surface area (Å²) in [6.07, 6.45) is 0. The van der Waals surface area contributed by atoms with Crippen LogP contribution in [0.25, 0.3) is 0 Å². The Balaban J connectivity index is 2.87. The molecule has 0 heterocycles. The summed E-state index contributed by atoms with van der Waals surface area (Å²) in [6, 6.07) is 5.42. The third kappa shape index (κ3) is 4.12. The van der Waals surface area contributed by atoms with E-state index in [1.165, 1.54) is 7.05 Å². The van der Waals surface area contributed by atoms with Crippen LogP contribution < -0.4 is 11.1 Å². The van der Waals surface area contributed by atoms with Crippen LogP contribution in [-0.2, 0) is 26.9 Å². The first-order valence-corrected chi connectivity index (χ1v) is 7.39. The maximum absolute atomic E-state index is 11.8. The highest BCUT2D eigenvalue weighted by Crippen LogP contribution is 2.14. The Labute approximate surface area is 107 Å². The molecule has 1 rings (SSSR count). The van der Waals surface area contributed by atoms with Crippen LogP contribution in [0.1, 0.15) is 16.7 Å². The number of carbonyl (C=O) groups excluding carboxylic acids is 1. The summed E-state index contributed by atoms with van der Waals surface area (Å²) in [6.45, 7) is 2.26. The van der Waals surface area contributed by atoms with Gasteiger partial charge in [-0.2, -0.15) is 0 Å². The van der Waals surface area contributed by atoms with Gasteiger partial charge < -0.3 is 11.1 Å². The number of nitrogens with one attached hydrogen (secondary N) is 1. The molecule has 100 valence electrons. The van der Waals surface area contributed by atoms with Gasteiger partial charge in [-0.15, -0.1) is 0 Å². The fourth-order valence-electron chi connectivity index (χ4n) is 1.61. The molecule has 0 aliphatic carbocycles. The first kappa shape index (κ1) is 14.7. The summed E-state index contributed by atoms with van der Waals surface area (Å²) >= 11 is 0. The van der Waals surface area contributed by atoms with Crippen molar-refractivity contribution in [3.63, 3.8) is 0 Å². The zero-order valence-electron chi connectivity index (χ0n) is 10.6. The summed E-state index contributed by atoms with van der Waals surface area (Å²) in [5.74, 6) is -1.11. The van der Waals surface area contributed by atoms with E-state index in [0.717, 1.165) is 11.1 Å². The normalized spacial score (nSPS) is 11.3. The van der Waals surface area contributed by atoms with Crippen molar-refractivity contribution in [2.45, 2.75) is 19.2 Å². The van der Waals surface area contributed by atoms with Crippen LogP contribution in [0.5, 0.6) is 0 Å². The molecule has 0 atom stereocenters. The predicted octanol–water partition coefficient (Wildman–Crippen LogP) is 0.115. The molecule has 0 aliphatic rings. The van der Waals surface area contributed by atoms with Crippen molar-refractivity contribution < 1.29 is 13.2 Å². The van der Waals surface area contributed by atoms with Gasteiger partial charge in [0.05, 0.1) is 5.75 Å². The second-order valence-corrected chi connectivity index (χ2v) is 6.23. The van der Waals surface area contributed by atoms with Crippen molar-refractivity contribution in [3.05, 3.63) is 34.9 Å².